The number of hydrogen-bond acceptors (Lipinski definition) is 3. The van der Waals surface area contributed by atoms with E-state index in [0.29, 0.717) is 5.92 Å². The summed E-state index contributed by atoms with van der Waals surface area (Å²) in [6, 6.07) is 7.77. The average Bonchev–Trinajstić information content (AvgIpc) is 3.22. The van der Waals surface area contributed by atoms with Crippen LogP contribution in [0, 0.1) is 6.92 Å². The van der Waals surface area contributed by atoms with Gasteiger partial charge in [-0.2, -0.15) is 0 Å². The van der Waals surface area contributed by atoms with E-state index < -0.39 is 0 Å². The van der Waals surface area contributed by atoms with Crippen molar-refractivity contribution < 1.29 is 14.3 Å². The molecular formula is C18H22N2O3. The van der Waals surface area contributed by atoms with E-state index in [4.69, 9.17) is 9.47 Å². The lowest BCUT2D eigenvalue weighted by Gasteiger charge is -2.17. The number of carbonyl (C=O) groups excluding carboxylic acids is 1. The van der Waals surface area contributed by atoms with Crippen LogP contribution in [0.1, 0.15) is 34.0 Å². The number of hydrogen-bond donors (Lipinski definition) is 1. The number of amides is 1. The number of aromatic nitrogens is 1. The number of aromatic amines is 1. The molecule has 122 valence electrons. The van der Waals surface area contributed by atoms with E-state index in [2.05, 4.69) is 4.98 Å². The summed E-state index contributed by atoms with van der Waals surface area (Å²) in [6.07, 6.45) is 2.76. The minimum atomic E-state index is 0.0983. The Morgan fingerprint density at radius 2 is 1.91 bits per heavy atom. The fourth-order valence-corrected chi connectivity index (χ4v) is 3.14. The summed E-state index contributed by atoms with van der Waals surface area (Å²) in [6.45, 7) is 3.42. The smallest absolute Gasteiger partial charge is 0.255 e. The second-order valence-electron chi connectivity index (χ2n) is 5.90. The van der Waals surface area contributed by atoms with E-state index in [1.165, 1.54) is 0 Å². The highest BCUT2D eigenvalue weighted by Gasteiger charge is 2.29. The number of aryl methyl sites for hydroxylation is 1. The highest BCUT2D eigenvalue weighted by molar-refractivity contribution is 5.95. The molecule has 0 spiro atoms. The van der Waals surface area contributed by atoms with E-state index in [0.717, 1.165) is 47.8 Å². The summed E-state index contributed by atoms with van der Waals surface area (Å²) in [7, 11) is 3.30. The van der Waals surface area contributed by atoms with Gasteiger partial charge < -0.3 is 19.4 Å². The summed E-state index contributed by atoms with van der Waals surface area (Å²) < 4.78 is 10.7. The van der Waals surface area contributed by atoms with Gasteiger partial charge in [0, 0.05) is 37.0 Å². The zero-order valence-electron chi connectivity index (χ0n) is 13.8. The summed E-state index contributed by atoms with van der Waals surface area (Å²) in [5.41, 5.74) is 2.83. The number of benzene rings is 1. The Hall–Kier alpha value is -2.43. The maximum absolute atomic E-state index is 12.6. The molecule has 0 aliphatic carbocycles. The van der Waals surface area contributed by atoms with Crippen LogP contribution in [0.5, 0.6) is 11.5 Å². The van der Waals surface area contributed by atoms with Crippen molar-refractivity contribution in [3.8, 4) is 11.5 Å². The summed E-state index contributed by atoms with van der Waals surface area (Å²) in [5, 5.41) is 0. The van der Waals surface area contributed by atoms with E-state index >= 15 is 0 Å². The molecule has 1 saturated heterocycles. The average molecular weight is 314 g/mol. The molecule has 1 atom stereocenters. The van der Waals surface area contributed by atoms with Crippen molar-refractivity contribution in [2.75, 3.05) is 27.3 Å². The summed E-state index contributed by atoms with van der Waals surface area (Å²) in [4.78, 5) is 17.6. The van der Waals surface area contributed by atoms with Gasteiger partial charge in [0.05, 0.1) is 19.8 Å². The number of rotatable bonds is 4. The van der Waals surface area contributed by atoms with Crippen LogP contribution in [0.15, 0.2) is 30.5 Å². The lowest BCUT2D eigenvalue weighted by atomic mass is 9.98. The normalized spacial score (nSPS) is 17.3. The molecule has 1 fully saturated rings. The maximum Gasteiger partial charge on any atom is 0.255 e. The van der Waals surface area contributed by atoms with Crippen molar-refractivity contribution in [2.45, 2.75) is 19.3 Å². The third-order valence-electron chi connectivity index (χ3n) is 4.50. The first kappa shape index (κ1) is 15.5. The Balaban J connectivity index is 1.77. The van der Waals surface area contributed by atoms with Crippen molar-refractivity contribution in [1.29, 1.82) is 0 Å². The molecule has 1 amide bonds. The zero-order chi connectivity index (χ0) is 16.4. The number of nitrogens with zero attached hydrogens (tertiary/aromatic N) is 1. The predicted octanol–water partition coefficient (Wildman–Crippen LogP) is 2.97. The lowest BCUT2D eigenvalue weighted by molar-refractivity contribution is 0.0790. The van der Waals surface area contributed by atoms with Crippen LogP contribution in [0.25, 0.3) is 0 Å². The number of ether oxygens (including phenoxy) is 2. The number of nitrogens with one attached hydrogen (secondary N) is 1. The Morgan fingerprint density at radius 1 is 1.22 bits per heavy atom. The van der Waals surface area contributed by atoms with E-state index in [1.807, 2.05) is 42.3 Å². The summed E-state index contributed by atoms with van der Waals surface area (Å²) >= 11 is 0. The number of methoxy groups -OCH3 is 2. The first-order valence-electron chi connectivity index (χ1n) is 7.78. The molecule has 1 aromatic heterocycles. The van der Waals surface area contributed by atoms with Crippen LogP contribution in [0.2, 0.25) is 0 Å². The number of H-pyrrole nitrogens is 1. The Morgan fingerprint density at radius 3 is 2.48 bits per heavy atom. The van der Waals surface area contributed by atoms with Gasteiger partial charge in [0.2, 0.25) is 0 Å². The minimum absolute atomic E-state index is 0.0983. The Kier molecular flexibility index (Phi) is 4.28. The molecule has 23 heavy (non-hydrogen) atoms. The topological polar surface area (TPSA) is 54.6 Å². The largest absolute Gasteiger partial charge is 0.497 e. The van der Waals surface area contributed by atoms with Gasteiger partial charge in [-0.05, 0) is 37.1 Å². The molecule has 2 heterocycles. The van der Waals surface area contributed by atoms with Gasteiger partial charge in [-0.25, -0.2) is 0 Å². The standard InChI is InChI=1S/C18H22N2O3/c1-12-17(4-6-19-12)18(21)20-7-5-13(11-20)14-8-15(22-2)10-16(9-14)23-3/h4,6,8-10,13,19H,5,7,11H2,1-3H3. The first-order chi connectivity index (χ1) is 11.1. The van der Waals surface area contributed by atoms with Crippen molar-refractivity contribution >= 4 is 5.91 Å². The monoisotopic (exact) mass is 314 g/mol. The van der Waals surface area contributed by atoms with Crippen LogP contribution in [-0.2, 0) is 0 Å². The lowest BCUT2D eigenvalue weighted by Crippen LogP contribution is -2.28. The van der Waals surface area contributed by atoms with Crippen LogP contribution in [0.4, 0.5) is 0 Å². The minimum Gasteiger partial charge on any atom is -0.497 e. The van der Waals surface area contributed by atoms with Gasteiger partial charge in [0.1, 0.15) is 11.5 Å². The molecule has 3 rings (SSSR count). The van der Waals surface area contributed by atoms with Gasteiger partial charge >= 0.3 is 0 Å². The molecule has 2 aromatic rings. The van der Waals surface area contributed by atoms with Crippen molar-refractivity contribution in [1.82, 2.24) is 9.88 Å². The molecule has 1 unspecified atom stereocenters. The first-order valence-corrected chi connectivity index (χ1v) is 7.78. The predicted molar refractivity (Wildman–Crippen MR) is 88.3 cm³/mol. The number of likely N-dealkylation sites (tertiary alicyclic amines) is 1. The highest BCUT2D eigenvalue weighted by atomic mass is 16.5. The van der Waals surface area contributed by atoms with E-state index in [-0.39, 0.29) is 5.91 Å². The molecule has 1 N–H and O–H groups in total. The fourth-order valence-electron chi connectivity index (χ4n) is 3.14. The SMILES string of the molecule is COc1cc(OC)cc(C2CCN(C(=O)c3cc[nH]c3C)C2)c1. The van der Waals surface area contributed by atoms with Crippen LogP contribution in [-0.4, -0.2) is 43.1 Å². The molecular weight excluding hydrogens is 292 g/mol. The van der Waals surface area contributed by atoms with E-state index in [9.17, 15) is 4.79 Å². The quantitative estimate of drug-likeness (QED) is 0.944. The second-order valence-corrected chi connectivity index (χ2v) is 5.90. The van der Waals surface area contributed by atoms with E-state index in [1.54, 1.807) is 14.2 Å². The second kappa shape index (κ2) is 6.36. The third-order valence-corrected chi connectivity index (χ3v) is 4.50. The fraction of sp³-hybridized carbons (Fsp3) is 0.389. The van der Waals surface area contributed by atoms with Gasteiger partial charge in [-0.1, -0.05) is 0 Å². The third kappa shape index (κ3) is 3.04. The molecule has 1 aliphatic heterocycles. The van der Waals surface area contributed by atoms with Crippen molar-refractivity contribution in [2.24, 2.45) is 0 Å². The molecule has 5 nitrogen and oxygen atoms in total. The molecule has 0 radical (unpaired) electrons. The van der Waals surface area contributed by atoms with Crippen molar-refractivity contribution in [3.05, 3.63) is 47.3 Å². The molecule has 0 saturated carbocycles. The van der Waals surface area contributed by atoms with Crippen molar-refractivity contribution in [3.63, 3.8) is 0 Å². The van der Waals surface area contributed by atoms with Crippen LogP contribution in [0.3, 0.4) is 0 Å². The molecule has 5 heteroatoms. The van der Waals surface area contributed by atoms with Gasteiger partial charge in [-0.15, -0.1) is 0 Å². The van der Waals surface area contributed by atoms with Gasteiger partial charge in [0.15, 0.2) is 0 Å². The molecule has 1 aliphatic rings. The van der Waals surface area contributed by atoms with Gasteiger partial charge in [0.25, 0.3) is 5.91 Å². The molecule has 0 bridgehead atoms. The van der Waals surface area contributed by atoms with Crippen LogP contribution < -0.4 is 9.47 Å². The zero-order valence-corrected chi connectivity index (χ0v) is 13.8. The molecule has 1 aromatic carbocycles. The van der Waals surface area contributed by atoms with Crippen LogP contribution >= 0.6 is 0 Å². The Labute approximate surface area is 136 Å². The maximum atomic E-state index is 12.6. The van der Waals surface area contributed by atoms with Gasteiger partial charge in [-0.3, -0.25) is 4.79 Å². The highest BCUT2D eigenvalue weighted by Crippen LogP contribution is 2.33. The Bertz CT molecular complexity index is 686. The number of carbonyl (C=O) groups is 1. The summed E-state index contributed by atoms with van der Waals surface area (Å²) in [5.74, 6) is 1.97.